The highest BCUT2D eigenvalue weighted by atomic mass is 32.2. The van der Waals surface area contributed by atoms with Gasteiger partial charge in [0.25, 0.3) is 0 Å². The first-order valence-corrected chi connectivity index (χ1v) is 9.32. The van der Waals surface area contributed by atoms with Crippen LogP contribution in [0.15, 0.2) is 28.8 Å². The third kappa shape index (κ3) is 5.87. The highest BCUT2D eigenvalue weighted by Crippen LogP contribution is 2.19. The van der Waals surface area contributed by atoms with Gasteiger partial charge in [0.15, 0.2) is 0 Å². The molecule has 1 aromatic carbocycles. The van der Waals surface area contributed by atoms with Gasteiger partial charge in [-0.3, -0.25) is 9.59 Å². The van der Waals surface area contributed by atoms with Crippen LogP contribution in [0.3, 0.4) is 0 Å². The van der Waals surface area contributed by atoms with Crippen molar-refractivity contribution in [3.05, 3.63) is 52.7 Å². The van der Waals surface area contributed by atoms with Crippen LogP contribution in [0, 0.1) is 25.6 Å². The van der Waals surface area contributed by atoms with Crippen LogP contribution < -0.4 is 11.1 Å². The Bertz CT molecular complexity index is 742. The molecule has 0 radical (unpaired) electrons. The van der Waals surface area contributed by atoms with E-state index in [0.29, 0.717) is 12.2 Å². The number of amides is 2. The molecule has 0 spiro atoms. The van der Waals surface area contributed by atoms with Gasteiger partial charge in [-0.05, 0) is 38.0 Å². The molecule has 8 heteroatoms. The van der Waals surface area contributed by atoms with Crippen LogP contribution in [0.4, 0.5) is 4.39 Å². The van der Waals surface area contributed by atoms with Crippen molar-refractivity contribution in [2.45, 2.75) is 26.0 Å². The molecule has 0 aliphatic rings. The largest absolute Gasteiger partial charge is 0.369 e. The fourth-order valence-corrected chi connectivity index (χ4v) is 3.43. The maximum Gasteiger partial charge on any atom is 0.230 e. The summed E-state index contributed by atoms with van der Waals surface area (Å²) in [7, 11) is 0. The van der Waals surface area contributed by atoms with E-state index in [4.69, 9.17) is 10.3 Å². The number of carbonyl (C=O) groups excluding carboxylic acids is 2. The van der Waals surface area contributed by atoms with Crippen LogP contribution in [-0.4, -0.2) is 29.3 Å². The number of aryl methyl sites for hydroxylation is 2. The lowest BCUT2D eigenvalue weighted by Gasteiger charge is -2.14. The monoisotopic (exact) mass is 379 g/mol. The summed E-state index contributed by atoms with van der Waals surface area (Å²) in [5.41, 5.74) is 8.02. The molecule has 0 aliphatic carbocycles. The second-order valence-electron chi connectivity index (χ2n) is 6.03. The normalized spacial score (nSPS) is 12.0. The van der Waals surface area contributed by atoms with Gasteiger partial charge in [0.05, 0.1) is 17.4 Å². The van der Waals surface area contributed by atoms with E-state index in [2.05, 4.69) is 10.5 Å². The summed E-state index contributed by atoms with van der Waals surface area (Å²) in [5.74, 6) is 0.0776. The molecule has 1 unspecified atom stereocenters. The molecule has 0 fully saturated rings. The van der Waals surface area contributed by atoms with Gasteiger partial charge in [0, 0.05) is 17.9 Å². The van der Waals surface area contributed by atoms with Gasteiger partial charge in [-0.2, -0.15) is 0 Å². The molecule has 6 nitrogen and oxygen atoms in total. The van der Waals surface area contributed by atoms with Crippen LogP contribution in [0.1, 0.15) is 22.6 Å². The number of rotatable bonds is 9. The summed E-state index contributed by atoms with van der Waals surface area (Å²) in [6.07, 6.45) is 0.349. The number of hydrogen-bond donors (Lipinski definition) is 2. The van der Waals surface area contributed by atoms with Crippen molar-refractivity contribution >= 4 is 23.6 Å². The van der Waals surface area contributed by atoms with Crippen molar-refractivity contribution in [2.24, 2.45) is 11.7 Å². The van der Waals surface area contributed by atoms with Crippen LogP contribution in [0.5, 0.6) is 0 Å². The molecule has 2 rings (SSSR count). The molecule has 140 valence electrons. The first-order chi connectivity index (χ1) is 12.4. The third-order valence-electron chi connectivity index (χ3n) is 4.00. The molecule has 3 N–H and O–H groups in total. The zero-order valence-electron chi connectivity index (χ0n) is 14.8. The van der Waals surface area contributed by atoms with Crippen molar-refractivity contribution in [2.75, 3.05) is 12.3 Å². The molecule has 1 aromatic heterocycles. The molecule has 2 aromatic rings. The zero-order chi connectivity index (χ0) is 19.1. The van der Waals surface area contributed by atoms with E-state index in [9.17, 15) is 14.0 Å². The Hall–Kier alpha value is -2.35. The molecule has 0 bridgehead atoms. The Morgan fingerprint density at radius 3 is 2.58 bits per heavy atom. The van der Waals surface area contributed by atoms with Crippen molar-refractivity contribution in [1.82, 2.24) is 10.5 Å². The number of nitrogens with two attached hydrogens (primary N) is 1. The second-order valence-corrected chi connectivity index (χ2v) is 7.02. The number of nitrogens with one attached hydrogen (secondary N) is 1. The van der Waals surface area contributed by atoms with Gasteiger partial charge in [0.2, 0.25) is 11.8 Å². The minimum Gasteiger partial charge on any atom is -0.369 e. The van der Waals surface area contributed by atoms with Crippen LogP contribution in [-0.2, 0) is 21.8 Å². The van der Waals surface area contributed by atoms with Gasteiger partial charge in [-0.25, -0.2) is 4.39 Å². The molecular weight excluding hydrogens is 357 g/mol. The number of aromatic nitrogens is 1. The van der Waals surface area contributed by atoms with Crippen molar-refractivity contribution in [3.63, 3.8) is 0 Å². The van der Waals surface area contributed by atoms with E-state index in [0.717, 1.165) is 22.6 Å². The minimum atomic E-state index is -0.544. The van der Waals surface area contributed by atoms with Gasteiger partial charge in [-0.1, -0.05) is 17.3 Å². The molecule has 0 aliphatic heterocycles. The Morgan fingerprint density at radius 1 is 1.31 bits per heavy atom. The smallest absolute Gasteiger partial charge is 0.230 e. The van der Waals surface area contributed by atoms with Crippen molar-refractivity contribution < 1.29 is 18.5 Å². The van der Waals surface area contributed by atoms with E-state index in [-0.39, 0.29) is 24.0 Å². The number of benzene rings is 1. The molecule has 1 heterocycles. The van der Waals surface area contributed by atoms with Crippen molar-refractivity contribution in [1.29, 1.82) is 0 Å². The Kier molecular flexibility index (Phi) is 7.20. The summed E-state index contributed by atoms with van der Waals surface area (Å²) in [4.78, 5) is 23.6. The SMILES string of the molecule is Cc1noc(C)c1CSCC(=O)NCC(Cc1ccc(F)cc1)C(N)=O. The average molecular weight is 379 g/mol. The molecule has 26 heavy (non-hydrogen) atoms. The fraction of sp³-hybridized carbons (Fsp3) is 0.389. The van der Waals surface area contributed by atoms with Crippen molar-refractivity contribution in [3.8, 4) is 0 Å². The number of primary amides is 1. The molecule has 2 amide bonds. The molecular formula is C18H22FN3O3S. The number of carbonyl (C=O) groups is 2. The Morgan fingerprint density at radius 2 is 2.00 bits per heavy atom. The molecule has 0 saturated carbocycles. The second kappa shape index (κ2) is 9.38. The van der Waals surface area contributed by atoms with E-state index in [1.165, 1.54) is 23.9 Å². The minimum absolute atomic E-state index is 0.150. The third-order valence-corrected chi connectivity index (χ3v) is 4.96. The van der Waals surface area contributed by atoms with E-state index < -0.39 is 11.8 Å². The number of hydrogen-bond acceptors (Lipinski definition) is 5. The Labute approximate surface area is 155 Å². The first kappa shape index (κ1) is 20.0. The lowest BCUT2D eigenvalue weighted by Crippen LogP contribution is -2.38. The van der Waals surface area contributed by atoms with Crippen LogP contribution in [0.25, 0.3) is 0 Å². The lowest BCUT2D eigenvalue weighted by molar-refractivity contribution is -0.122. The summed E-state index contributed by atoms with van der Waals surface area (Å²) in [6.45, 7) is 3.85. The van der Waals surface area contributed by atoms with Crippen LogP contribution in [0.2, 0.25) is 0 Å². The number of thioether (sulfide) groups is 1. The summed E-state index contributed by atoms with van der Waals surface area (Å²) in [6, 6.07) is 5.87. The summed E-state index contributed by atoms with van der Waals surface area (Å²) >= 11 is 1.44. The Balaban J connectivity index is 1.78. The molecule has 0 saturated heterocycles. The van der Waals surface area contributed by atoms with Gasteiger partial charge in [0.1, 0.15) is 11.6 Å². The standard InChI is InChI=1S/C18H22FN3O3S/c1-11-16(12(2)25-22-11)9-26-10-17(23)21-8-14(18(20)24)7-13-3-5-15(19)6-4-13/h3-6,14H,7-10H2,1-2H3,(H2,20,24)(H,21,23). The highest BCUT2D eigenvalue weighted by Gasteiger charge is 2.17. The summed E-state index contributed by atoms with van der Waals surface area (Å²) < 4.78 is 18.0. The summed E-state index contributed by atoms with van der Waals surface area (Å²) in [5, 5.41) is 6.61. The maximum atomic E-state index is 12.9. The first-order valence-electron chi connectivity index (χ1n) is 8.16. The predicted octanol–water partition coefficient (Wildman–Crippen LogP) is 2.12. The average Bonchev–Trinajstić information content (AvgIpc) is 2.92. The quantitative estimate of drug-likeness (QED) is 0.695. The predicted molar refractivity (Wildman–Crippen MR) is 97.9 cm³/mol. The van der Waals surface area contributed by atoms with Gasteiger partial charge in [-0.15, -0.1) is 11.8 Å². The lowest BCUT2D eigenvalue weighted by atomic mass is 9.98. The number of nitrogens with zero attached hydrogens (tertiary/aromatic N) is 1. The van der Waals surface area contributed by atoms with Crippen LogP contribution >= 0.6 is 11.8 Å². The topological polar surface area (TPSA) is 98.2 Å². The number of halogens is 1. The highest BCUT2D eigenvalue weighted by molar-refractivity contribution is 7.99. The van der Waals surface area contributed by atoms with E-state index in [1.807, 2.05) is 13.8 Å². The maximum absolute atomic E-state index is 12.9. The van der Waals surface area contributed by atoms with Gasteiger partial charge >= 0.3 is 0 Å². The zero-order valence-corrected chi connectivity index (χ0v) is 15.6. The van der Waals surface area contributed by atoms with Gasteiger partial charge < -0.3 is 15.6 Å². The van der Waals surface area contributed by atoms with E-state index in [1.54, 1.807) is 12.1 Å². The fourth-order valence-electron chi connectivity index (χ4n) is 2.42. The molecule has 1 atom stereocenters. The van der Waals surface area contributed by atoms with E-state index >= 15 is 0 Å².